The number of hydrogen-bond acceptors (Lipinski definition) is 5. The lowest BCUT2D eigenvalue weighted by molar-refractivity contribution is 0.393. The number of aryl methyl sites for hydroxylation is 1. The van der Waals surface area contributed by atoms with Crippen molar-refractivity contribution in [2.75, 3.05) is 13.7 Å². The molecule has 2 aromatic rings. The van der Waals surface area contributed by atoms with Crippen molar-refractivity contribution in [3.8, 4) is 5.88 Å². The minimum atomic E-state index is 0.101. The van der Waals surface area contributed by atoms with Crippen molar-refractivity contribution in [1.29, 1.82) is 0 Å². The van der Waals surface area contributed by atoms with Gasteiger partial charge in [-0.25, -0.2) is 15.0 Å². The zero-order chi connectivity index (χ0) is 14.4. The summed E-state index contributed by atoms with van der Waals surface area (Å²) >= 11 is 0. The number of imidazole rings is 1. The molecule has 0 saturated carbocycles. The molecule has 0 aliphatic rings. The van der Waals surface area contributed by atoms with E-state index in [9.17, 15) is 0 Å². The zero-order valence-electron chi connectivity index (χ0n) is 12.2. The Bertz CT molecular complexity index is 540. The molecule has 1 N–H and O–H groups in total. The molecule has 0 amide bonds. The molecule has 2 rings (SSSR count). The maximum absolute atomic E-state index is 5.16. The number of hydrogen-bond donors (Lipinski definition) is 1. The molecular formula is C14H21N5O. The van der Waals surface area contributed by atoms with Crippen LogP contribution < -0.4 is 10.1 Å². The molecule has 1 atom stereocenters. The summed E-state index contributed by atoms with van der Waals surface area (Å²) in [5.74, 6) is 1.63. The Balaban J connectivity index is 2.22. The molecule has 0 aliphatic heterocycles. The van der Waals surface area contributed by atoms with Gasteiger partial charge in [0.1, 0.15) is 12.2 Å². The summed E-state index contributed by atoms with van der Waals surface area (Å²) in [7, 11) is 1.61. The fourth-order valence-corrected chi connectivity index (χ4v) is 2.18. The first-order chi connectivity index (χ1) is 9.78. The van der Waals surface area contributed by atoms with E-state index in [-0.39, 0.29) is 6.04 Å². The number of likely N-dealkylation sites (N-methyl/N-ethyl adjacent to an activating group) is 1. The predicted octanol–water partition coefficient (Wildman–Crippen LogP) is 1.59. The predicted molar refractivity (Wildman–Crippen MR) is 76.6 cm³/mol. The van der Waals surface area contributed by atoms with Gasteiger partial charge >= 0.3 is 0 Å². The Morgan fingerprint density at radius 2 is 2.15 bits per heavy atom. The molecule has 0 spiro atoms. The second-order valence-electron chi connectivity index (χ2n) is 4.43. The van der Waals surface area contributed by atoms with Crippen molar-refractivity contribution in [2.24, 2.45) is 0 Å². The molecule has 2 heterocycles. The fourth-order valence-electron chi connectivity index (χ4n) is 2.18. The quantitative estimate of drug-likeness (QED) is 0.831. The van der Waals surface area contributed by atoms with Crippen molar-refractivity contribution in [3.05, 3.63) is 36.3 Å². The van der Waals surface area contributed by atoms with E-state index in [1.54, 1.807) is 7.11 Å². The van der Waals surface area contributed by atoms with Gasteiger partial charge in [0, 0.05) is 31.4 Å². The lowest BCUT2D eigenvalue weighted by Gasteiger charge is -2.17. The molecule has 0 bridgehead atoms. The molecule has 0 aliphatic carbocycles. The van der Waals surface area contributed by atoms with Crippen LogP contribution in [0.5, 0.6) is 5.88 Å². The van der Waals surface area contributed by atoms with Crippen LogP contribution in [0.4, 0.5) is 0 Å². The van der Waals surface area contributed by atoms with E-state index in [0.717, 1.165) is 31.0 Å². The van der Waals surface area contributed by atoms with E-state index in [1.165, 1.54) is 6.33 Å². The van der Waals surface area contributed by atoms with Gasteiger partial charge in [-0.15, -0.1) is 0 Å². The van der Waals surface area contributed by atoms with Gasteiger partial charge in [-0.2, -0.15) is 0 Å². The van der Waals surface area contributed by atoms with Gasteiger partial charge in [0.15, 0.2) is 0 Å². The average Bonchev–Trinajstić information content (AvgIpc) is 2.94. The Hall–Kier alpha value is -1.95. The van der Waals surface area contributed by atoms with E-state index in [4.69, 9.17) is 4.74 Å². The lowest BCUT2D eigenvalue weighted by atomic mass is 10.1. The fraction of sp³-hybridized carbons (Fsp3) is 0.500. The van der Waals surface area contributed by atoms with Crippen LogP contribution in [0.25, 0.3) is 0 Å². The van der Waals surface area contributed by atoms with Crippen molar-refractivity contribution in [3.63, 3.8) is 0 Å². The summed E-state index contributed by atoms with van der Waals surface area (Å²) in [6.07, 6.45) is 6.15. The highest BCUT2D eigenvalue weighted by Gasteiger charge is 2.16. The molecule has 0 aromatic carbocycles. The number of nitrogens with zero attached hydrogens (tertiary/aromatic N) is 4. The zero-order valence-corrected chi connectivity index (χ0v) is 12.2. The summed E-state index contributed by atoms with van der Waals surface area (Å²) in [6, 6.07) is 1.97. The van der Waals surface area contributed by atoms with Crippen LogP contribution >= 0.6 is 0 Å². The van der Waals surface area contributed by atoms with Gasteiger partial charge in [0.25, 0.3) is 0 Å². The van der Waals surface area contributed by atoms with Gasteiger partial charge in [-0.1, -0.05) is 6.92 Å². The topological polar surface area (TPSA) is 64.9 Å². The molecule has 1 unspecified atom stereocenters. The largest absolute Gasteiger partial charge is 0.481 e. The van der Waals surface area contributed by atoms with Gasteiger partial charge in [0.05, 0.1) is 18.8 Å². The first kappa shape index (κ1) is 14.5. The van der Waals surface area contributed by atoms with Crippen LogP contribution in [0.2, 0.25) is 0 Å². The summed E-state index contributed by atoms with van der Waals surface area (Å²) in [4.78, 5) is 12.8. The highest BCUT2D eigenvalue weighted by Crippen LogP contribution is 2.18. The molecule has 6 nitrogen and oxygen atoms in total. The molecule has 108 valence electrons. The second kappa shape index (κ2) is 7.00. The van der Waals surface area contributed by atoms with Crippen LogP contribution in [-0.2, 0) is 13.0 Å². The summed E-state index contributed by atoms with van der Waals surface area (Å²) in [5.41, 5.74) is 0.921. The first-order valence-electron chi connectivity index (χ1n) is 6.87. The molecule has 20 heavy (non-hydrogen) atoms. The monoisotopic (exact) mass is 275 g/mol. The standard InChI is InChI=1S/C14H21N5O/c1-4-15-11(8-13-16-6-7-19(13)5-2)12-9-14(20-3)18-10-17-12/h6-7,9-11,15H,4-5,8H2,1-3H3. The van der Waals surface area contributed by atoms with E-state index in [2.05, 4.69) is 38.7 Å². The van der Waals surface area contributed by atoms with Crippen LogP contribution in [-0.4, -0.2) is 33.2 Å². The lowest BCUT2D eigenvalue weighted by Crippen LogP contribution is -2.25. The molecule has 0 radical (unpaired) electrons. The van der Waals surface area contributed by atoms with E-state index < -0.39 is 0 Å². The highest BCUT2D eigenvalue weighted by molar-refractivity contribution is 5.18. The Labute approximate surface area is 119 Å². The van der Waals surface area contributed by atoms with Crippen LogP contribution in [0.15, 0.2) is 24.8 Å². The summed E-state index contributed by atoms with van der Waals surface area (Å²) in [6.45, 7) is 5.98. The Morgan fingerprint density at radius 1 is 1.30 bits per heavy atom. The van der Waals surface area contributed by atoms with E-state index in [1.807, 2.05) is 18.5 Å². The minimum absolute atomic E-state index is 0.101. The third-order valence-corrected chi connectivity index (χ3v) is 3.21. The first-order valence-corrected chi connectivity index (χ1v) is 6.87. The maximum atomic E-state index is 5.16. The summed E-state index contributed by atoms with van der Waals surface area (Å²) in [5, 5.41) is 3.44. The number of methoxy groups -OCH3 is 1. The van der Waals surface area contributed by atoms with Crippen LogP contribution in [0.3, 0.4) is 0 Å². The summed E-state index contributed by atoms with van der Waals surface area (Å²) < 4.78 is 7.31. The minimum Gasteiger partial charge on any atom is -0.481 e. The van der Waals surface area contributed by atoms with Gasteiger partial charge in [0.2, 0.25) is 5.88 Å². The third-order valence-electron chi connectivity index (χ3n) is 3.21. The third kappa shape index (κ3) is 3.33. The van der Waals surface area contributed by atoms with E-state index in [0.29, 0.717) is 5.88 Å². The SMILES string of the molecule is CCNC(Cc1nccn1CC)c1cc(OC)ncn1. The molecule has 0 fully saturated rings. The molecule has 0 saturated heterocycles. The maximum Gasteiger partial charge on any atom is 0.216 e. The van der Waals surface area contributed by atoms with Crippen LogP contribution in [0.1, 0.15) is 31.4 Å². The van der Waals surface area contributed by atoms with Gasteiger partial charge < -0.3 is 14.6 Å². The number of aromatic nitrogens is 4. The number of ether oxygens (including phenoxy) is 1. The van der Waals surface area contributed by atoms with Crippen molar-refractivity contribution in [1.82, 2.24) is 24.8 Å². The highest BCUT2D eigenvalue weighted by atomic mass is 16.5. The van der Waals surface area contributed by atoms with E-state index >= 15 is 0 Å². The Kier molecular flexibility index (Phi) is 5.06. The van der Waals surface area contributed by atoms with Gasteiger partial charge in [-0.3, -0.25) is 0 Å². The van der Waals surface area contributed by atoms with Crippen molar-refractivity contribution < 1.29 is 4.74 Å². The van der Waals surface area contributed by atoms with Gasteiger partial charge in [-0.05, 0) is 13.5 Å². The number of rotatable bonds is 7. The van der Waals surface area contributed by atoms with Crippen molar-refractivity contribution in [2.45, 2.75) is 32.9 Å². The Morgan fingerprint density at radius 3 is 2.85 bits per heavy atom. The molecule has 2 aromatic heterocycles. The smallest absolute Gasteiger partial charge is 0.216 e. The number of nitrogens with one attached hydrogen (secondary N) is 1. The molecule has 6 heteroatoms. The van der Waals surface area contributed by atoms with Crippen molar-refractivity contribution >= 4 is 0 Å². The van der Waals surface area contributed by atoms with Crippen LogP contribution in [0, 0.1) is 0 Å². The normalized spacial score (nSPS) is 12.3. The average molecular weight is 275 g/mol. The second-order valence-corrected chi connectivity index (χ2v) is 4.43. The molecular weight excluding hydrogens is 254 g/mol.